The second-order valence-corrected chi connectivity index (χ2v) is 4.17. The van der Waals surface area contributed by atoms with Crippen molar-refractivity contribution in [3.05, 3.63) is 58.1 Å². The molecule has 0 N–H and O–H groups in total. The minimum Gasteiger partial charge on any atom is -0.455 e. The van der Waals surface area contributed by atoms with Crippen molar-refractivity contribution in [3.8, 4) is 0 Å². The largest absolute Gasteiger partial charge is 0.455 e. The summed E-state index contributed by atoms with van der Waals surface area (Å²) in [5.41, 5.74) is 0.874. The van der Waals surface area contributed by atoms with Gasteiger partial charge in [0.05, 0.1) is 0 Å². The van der Waals surface area contributed by atoms with Crippen LogP contribution in [0.4, 0.5) is 0 Å². The van der Waals surface area contributed by atoms with Crippen LogP contribution in [-0.4, -0.2) is 15.9 Å². The van der Waals surface area contributed by atoms with Crippen molar-refractivity contribution in [1.29, 1.82) is 0 Å². The number of aromatic nitrogens is 2. The highest BCUT2D eigenvalue weighted by Crippen LogP contribution is 2.12. The van der Waals surface area contributed by atoms with Gasteiger partial charge in [0.2, 0.25) is 5.82 Å². The van der Waals surface area contributed by atoms with Gasteiger partial charge in [-0.1, -0.05) is 53.5 Å². The zero-order valence-electron chi connectivity index (χ0n) is 9.14. The van der Waals surface area contributed by atoms with E-state index in [9.17, 15) is 4.79 Å². The minimum absolute atomic E-state index is 0.0988. The summed E-state index contributed by atoms with van der Waals surface area (Å²) >= 11 is 11.3. The molecule has 0 saturated carbocycles. The van der Waals surface area contributed by atoms with E-state index in [-0.39, 0.29) is 22.7 Å². The number of rotatable bonds is 3. The fourth-order valence-electron chi connectivity index (χ4n) is 1.27. The maximum atomic E-state index is 11.7. The molecule has 0 aliphatic rings. The molecule has 0 saturated heterocycles. The van der Waals surface area contributed by atoms with Crippen LogP contribution in [0.15, 0.2) is 36.4 Å². The third-order valence-corrected chi connectivity index (χ3v) is 2.45. The molecule has 6 heteroatoms. The number of hydrogen-bond donors (Lipinski definition) is 0. The summed E-state index contributed by atoms with van der Waals surface area (Å²) in [6.07, 6.45) is 0. The maximum Gasteiger partial charge on any atom is 0.376 e. The van der Waals surface area contributed by atoms with Crippen molar-refractivity contribution in [3.63, 3.8) is 0 Å². The Hall–Kier alpha value is -1.65. The quantitative estimate of drug-likeness (QED) is 0.641. The van der Waals surface area contributed by atoms with E-state index in [1.807, 2.05) is 30.3 Å². The van der Waals surface area contributed by atoms with E-state index >= 15 is 0 Å². The lowest BCUT2D eigenvalue weighted by Crippen LogP contribution is -2.10. The van der Waals surface area contributed by atoms with Gasteiger partial charge in [0.15, 0.2) is 0 Å². The van der Waals surface area contributed by atoms with Crippen LogP contribution in [0.3, 0.4) is 0 Å². The third-order valence-electron chi connectivity index (χ3n) is 2.06. The van der Waals surface area contributed by atoms with Gasteiger partial charge in [0, 0.05) is 6.07 Å². The molecule has 0 fully saturated rings. The molecular formula is C12H8Cl2N2O2. The van der Waals surface area contributed by atoms with E-state index in [1.54, 1.807) is 0 Å². The second-order valence-electron chi connectivity index (χ2n) is 3.40. The van der Waals surface area contributed by atoms with E-state index in [2.05, 4.69) is 9.97 Å². The molecule has 18 heavy (non-hydrogen) atoms. The molecule has 0 amide bonds. The van der Waals surface area contributed by atoms with Crippen LogP contribution in [0.25, 0.3) is 0 Å². The van der Waals surface area contributed by atoms with Gasteiger partial charge in [-0.3, -0.25) is 0 Å². The molecule has 92 valence electrons. The Morgan fingerprint density at radius 3 is 2.33 bits per heavy atom. The van der Waals surface area contributed by atoms with E-state index in [4.69, 9.17) is 27.9 Å². The van der Waals surface area contributed by atoms with Gasteiger partial charge in [-0.05, 0) is 5.56 Å². The molecule has 0 spiro atoms. The van der Waals surface area contributed by atoms with Crippen molar-refractivity contribution < 1.29 is 9.53 Å². The first-order valence-electron chi connectivity index (χ1n) is 5.06. The van der Waals surface area contributed by atoms with Gasteiger partial charge in [-0.15, -0.1) is 0 Å². The van der Waals surface area contributed by atoms with Crippen molar-refractivity contribution in [1.82, 2.24) is 9.97 Å². The van der Waals surface area contributed by atoms with Gasteiger partial charge >= 0.3 is 5.97 Å². The van der Waals surface area contributed by atoms with Crippen LogP contribution in [0, 0.1) is 0 Å². The third kappa shape index (κ3) is 3.42. The maximum absolute atomic E-state index is 11.7. The molecule has 0 aliphatic carbocycles. The molecule has 0 bridgehead atoms. The van der Waals surface area contributed by atoms with Crippen molar-refractivity contribution in [2.75, 3.05) is 0 Å². The molecule has 4 nitrogen and oxygen atoms in total. The summed E-state index contributed by atoms with van der Waals surface area (Å²) in [4.78, 5) is 19.1. The van der Waals surface area contributed by atoms with Crippen LogP contribution in [0.5, 0.6) is 0 Å². The number of carbonyl (C=O) groups excluding carboxylic acids is 1. The van der Waals surface area contributed by atoms with E-state index in [0.29, 0.717) is 0 Å². The first-order valence-corrected chi connectivity index (χ1v) is 5.82. The number of hydrogen-bond acceptors (Lipinski definition) is 4. The van der Waals surface area contributed by atoms with Crippen molar-refractivity contribution in [2.45, 2.75) is 6.61 Å². The lowest BCUT2D eigenvalue weighted by atomic mass is 10.2. The highest BCUT2D eigenvalue weighted by Gasteiger charge is 2.13. The lowest BCUT2D eigenvalue weighted by Gasteiger charge is -2.04. The predicted octanol–water partition coefficient (Wildman–Crippen LogP) is 3.14. The number of benzene rings is 1. The topological polar surface area (TPSA) is 52.1 Å². The number of halogens is 2. The molecule has 0 radical (unpaired) electrons. The summed E-state index contributed by atoms with van der Waals surface area (Å²) in [5.74, 6) is -0.813. The molecule has 0 unspecified atom stereocenters. The standard InChI is InChI=1S/C12H8Cl2N2O2/c13-9-6-10(14)16-11(15-9)12(17)18-7-8-4-2-1-3-5-8/h1-6H,7H2. The second kappa shape index (κ2) is 5.80. The molecule has 1 aromatic carbocycles. The molecule has 0 atom stereocenters. The van der Waals surface area contributed by atoms with Gasteiger partial charge in [-0.25, -0.2) is 14.8 Å². The number of nitrogens with zero attached hydrogens (tertiary/aromatic N) is 2. The normalized spacial score (nSPS) is 10.1. The summed E-state index contributed by atoms with van der Waals surface area (Å²) in [6.45, 7) is 0.146. The van der Waals surface area contributed by atoms with E-state index in [0.717, 1.165) is 5.56 Å². The Labute approximate surface area is 114 Å². The van der Waals surface area contributed by atoms with Gasteiger partial charge in [0.1, 0.15) is 16.9 Å². The molecule has 1 aromatic heterocycles. The Morgan fingerprint density at radius 1 is 1.11 bits per heavy atom. The lowest BCUT2D eigenvalue weighted by molar-refractivity contribution is 0.0458. The van der Waals surface area contributed by atoms with Gasteiger partial charge in [-0.2, -0.15) is 0 Å². The minimum atomic E-state index is -0.664. The van der Waals surface area contributed by atoms with Crippen molar-refractivity contribution >= 4 is 29.2 Å². The Kier molecular flexibility index (Phi) is 4.12. The highest BCUT2D eigenvalue weighted by atomic mass is 35.5. The highest BCUT2D eigenvalue weighted by molar-refractivity contribution is 6.33. The van der Waals surface area contributed by atoms with Gasteiger partial charge in [0.25, 0.3) is 0 Å². The summed E-state index contributed by atoms with van der Waals surface area (Å²) in [5, 5.41) is 0.198. The Balaban J connectivity index is 2.04. The van der Waals surface area contributed by atoms with Crippen LogP contribution >= 0.6 is 23.2 Å². The molecule has 0 aliphatic heterocycles. The smallest absolute Gasteiger partial charge is 0.376 e. The monoisotopic (exact) mass is 282 g/mol. The first kappa shape index (κ1) is 12.8. The van der Waals surface area contributed by atoms with Crippen LogP contribution in [0.1, 0.15) is 16.2 Å². The summed E-state index contributed by atoms with van der Waals surface area (Å²) in [7, 11) is 0. The van der Waals surface area contributed by atoms with E-state index < -0.39 is 5.97 Å². The SMILES string of the molecule is O=C(OCc1ccccc1)c1nc(Cl)cc(Cl)n1. The number of esters is 1. The van der Waals surface area contributed by atoms with Gasteiger partial charge < -0.3 is 4.74 Å². The molecule has 2 aromatic rings. The number of ether oxygens (including phenoxy) is 1. The average Bonchev–Trinajstić information content (AvgIpc) is 2.36. The molecule has 1 heterocycles. The van der Waals surface area contributed by atoms with E-state index in [1.165, 1.54) is 6.07 Å². The zero-order chi connectivity index (χ0) is 13.0. The summed E-state index contributed by atoms with van der Waals surface area (Å²) in [6, 6.07) is 10.6. The van der Waals surface area contributed by atoms with Crippen LogP contribution in [-0.2, 0) is 11.3 Å². The Bertz CT molecular complexity index is 541. The zero-order valence-corrected chi connectivity index (χ0v) is 10.6. The summed E-state index contributed by atoms with van der Waals surface area (Å²) < 4.78 is 5.04. The number of carbonyl (C=O) groups is 1. The first-order chi connectivity index (χ1) is 8.65. The predicted molar refractivity (Wildman–Crippen MR) is 67.6 cm³/mol. The van der Waals surface area contributed by atoms with Crippen LogP contribution < -0.4 is 0 Å². The average molecular weight is 283 g/mol. The molecule has 2 rings (SSSR count). The van der Waals surface area contributed by atoms with Crippen LogP contribution in [0.2, 0.25) is 10.3 Å². The fraction of sp³-hybridized carbons (Fsp3) is 0.0833. The fourth-order valence-corrected chi connectivity index (χ4v) is 1.69. The molecular weight excluding hydrogens is 275 g/mol. The van der Waals surface area contributed by atoms with Crippen molar-refractivity contribution in [2.24, 2.45) is 0 Å². The Morgan fingerprint density at radius 2 is 1.72 bits per heavy atom.